The second kappa shape index (κ2) is 2.86. The van der Waals surface area contributed by atoms with Crippen LogP contribution in [0.15, 0.2) is 11.4 Å². The standard InChI is InChI=1S/C6H4ClNS/c7-2-6-1-5(3-8)4-9-6/h1,4H,2H2. The molecule has 3 heteroatoms. The molecule has 0 radical (unpaired) electrons. The number of nitriles is 1. The van der Waals surface area contributed by atoms with Crippen LogP contribution in [0.5, 0.6) is 0 Å². The topological polar surface area (TPSA) is 23.8 Å². The molecule has 9 heavy (non-hydrogen) atoms. The molecular weight excluding hydrogens is 154 g/mol. The van der Waals surface area contributed by atoms with Crippen molar-refractivity contribution in [1.82, 2.24) is 0 Å². The Bertz CT molecular complexity index is 235. The lowest BCUT2D eigenvalue weighted by molar-refractivity contribution is 1.48. The third-order valence-corrected chi connectivity index (χ3v) is 2.30. The number of rotatable bonds is 1. The molecule has 1 aromatic heterocycles. The molecule has 1 rings (SSSR count). The molecule has 0 fully saturated rings. The molecule has 1 aromatic rings. The molecule has 1 heterocycles. The first-order valence-electron chi connectivity index (χ1n) is 2.40. The van der Waals surface area contributed by atoms with E-state index in [9.17, 15) is 0 Å². The minimum atomic E-state index is 0.506. The molecule has 0 atom stereocenters. The molecule has 1 nitrogen and oxygen atoms in total. The third kappa shape index (κ3) is 1.44. The van der Waals surface area contributed by atoms with E-state index >= 15 is 0 Å². The first kappa shape index (κ1) is 6.60. The van der Waals surface area contributed by atoms with Crippen molar-refractivity contribution in [3.05, 3.63) is 21.9 Å². The fourth-order valence-electron chi connectivity index (χ4n) is 0.509. The van der Waals surface area contributed by atoms with Gasteiger partial charge < -0.3 is 0 Å². The summed E-state index contributed by atoms with van der Waals surface area (Å²) in [4.78, 5) is 1.05. The number of hydrogen-bond acceptors (Lipinski definition) is 2. The van der Waals surface area contributed by atoms with E-state index in [1.54, 1.807) is 11.4 Å². The Morgan fingerprint density at radius 3 is 2.89 bits per heavy atom. The van der Waals surface area contributed by atoms with Gasteiger partial charge in [0.1, 0.15) is 6.07 Å². The highest BCUT2D eigenvalue weighted by molar-refractivity contribution is 7.10. The second-order valence-electron chi connectivity index (χ2n) is 1.55. The molecule has 0 amide bonds. The van der Waals surface area contributed by atoms with Gasteiger partial charge in [0, 0.05) is 10.3 Å². The summed E-state index contributed by atoms with van der Waals surface area (Å²) in [7, 11) is 0. The van der Waals surface area contributed by atoms with Crippen LogP contribution in [-0.4, -0.2) is 0 Å². The highest BCUT2D eigenvalue weighted by Gasteiger charge is 1.94. The summed E-state index contributed by atoms with van der Waals surface area (Å²) < 4.78 is 0. The zero-order chi connectivity index (χ0) is 6.69. The van der Waals surface area contributed by atoms with Gasteiger partial charge in [-0.2, -0.15) is 5.26 Å². The van der Waals surface area contributed by atoms with Gasteiger partial charge in [-0.15, -0.1) is 22.9 Å². The van der Waals surface area contributed by atoms with Crippen LogP contribution in [-0.2, 0) is 5.88 Å². The van der Waals surface area contributed by atoms with E-state index in [1.165, 1.54) is 11.3 Å². The van der Waals surface area contributed by atoms with Crippen molar-refractivity contribution in [2.24, 2.45) is 0 Å². The number of halogens is 1. The van der Waals surface area contributed by atoms with E-state index in [2.05, 4.69) is 0 Å². The van der Waals surface area contributed by atoms with Crippen molar-refractivity contribution in [3.63, 3.8) is 0 Å². The Kier molecular flexibility index (Phi) is 2.10. The Morgan fingerprint density at radius 1 is 1.78 bits per heavy atom. The summed E-state index contributed by atoms with van der Waals surface area (Å²) in [5, 5.41) is 10.2. The lowest BCUT2D eigenvalue weighted by atomic mass is 10.3. The van der Waals surface area contributed by atoms with Crippen LogP contribution < -0.4 is 0 Å². The molecular formula is C6H4ClNS. The van der Waals surface area contributed by atoms with Crippen molar-refractivity contribution in [1.29, 1.82) is 5.26 Å². The number of nitrogens with zero attached hydrogens (tertiary/aromatic N) is 1. The third-order valence-electron chi connectivity index (χ3n) is 0.915. The molecule has 0 aromatic carbocycles. The molecule has 0 unspecified atom stereocenters. The zero-order valence-electron chi connectivity index (χ0n) is 4.60. The van der Waals surface area contributed by atoms with Crippen molar-refractivity contribution in [3.8, 4) is 6.07 Å². The van der Waals surface area contributed by atoms with Crippen molar-refractivity contribution >= 4 is 22.9 Å². The van der Waals surface area contributed by atoms with E-state index in [1.807, 2.05) is 6.07 Å². The van der Waals surface area contributed by atoms with E-state index in [0.29, 0.717) is 11.4 Å². The zero-order valence-corrected chi connectivity index (χ0v) is 6.17. The summed E-state index contributed by atoms with van der Waals surface area (Å²) in [6.07, 6.45) is 0. The fourth-order valence-corrected chi connectivity index (χ4v) is 1.43. The molecule has 0 aliphatic carbocycles. The SMILES string of the molecule is N#Cc1csc(CCl)c1. The van der Waals surface area contributed by atoms with Gasteiger partial charge in [-0.1, -0.05) is 0 Å². The first-order chi connectivity index (χ1) is 4.36. The van der Waals surface area contributed by atoms with Crippen LogP contribution >= 0.6 is 22.9 Å². The average Bonchev–Trinajstić information content (AvgIpc) is 2.34. The van der Waals surface area contributed by atoms with Gasteiger partial charge >= 0.3 is 0 Å². The molecule has 0 bridgehead atoms. The van der Waals surface area contributed by atoms with Crippen molar-refractivity contribution in [2.75, 3.05) is 0 Å². The average molecular weight is 158 g/mol. The van der Waals surface area contributed by atoms with E-state index < -0.39 is 0 Å². The highest BCUT2D eigenvalue weighted by atomic mass is 35.5. The smallest absolute Gasteiger partial charge is 0.100 e. The number of thiophene rings is 1. The summed E-state index contributed by atoms with van der Waals surface area (Å²) >= 11 is 7.02. The fraction of sp³-hybridized carbons (Fsp3) is 0.167. The quantitative estimate of drug-likeness (QED) is 0.575. The van der Waals surface area contributed by atoms with Crippen molar-refractivity contribution in [2.45, 2.75) is 5.88 Å². The van der Waals surface area contributed by atoms with Crippen molar-refractivity contribution < 1.29 is 0 Å². The number of alkyl halides is 1. The summed E-state index contributed by atoms with van der Waals surface area (Å²) in [5.41, 5.74) is 0.704. The van der Waals surface area contributed by atoms with Crippen LogP contribution in [0.2, 0.25) is 0 Å². The normalized spacial score (nSPS) is 8.89. The van der Waals surface area contributed by atoms with Crippen LogP contribution in [0.4, 0.5) is 0 Å². The molecule has 0 aliphatic rings. The monoisotopic (exact) mass is 157 g/mol. The van der Waals surface area contributed by atoms with Gasteiger partial charge in [0.2, 0.25) is 0 Å². The van der Waals surface area contributed by atoms with E-state index in [-0.39, 0.29) is 0 Å². The Labute approximate surface area is 62.5 Å². The van der Waals surface area contributed by atoms with Crippen LogP contribution in [0, 0.1) is 11.3 Å². The highest BCUT2D eigenvalue weighted by Crippen LogP contribution is 2.15. The Balaban J connectivity index is 2.90. The molecule has 0 N–H and O–H groups in total. The van der Waals surface area contributed by atoms with Crippen LogP contribution in [0.25, 0.3) is 0 Å². The summed E-state index contributed by atoms with van der Waals surface area (Å²) in [6, 6.07) is 3.84. The van der Waals surface area contributed by atoms with Gasteiger partial charge in [-0.25, -0.2) is 0 Å². The van der Waals surface area contributed by atoms with Gasteiger partial charge in [0.15, 0.2) is 0 Å². The van der Waals surface area contributed by atoms with E-state index in [4.69, 9.17) is 16.9 Å². The van der Waals surface area contributed by atoms with Crippen LogP contribution in [0.1, 0.15) is 10.4 Å². The lowest BCUT2D eigenvalue weighted by Crippen LogP contribution is -1.63. The Morgan fingerprint density at radius 2 is 2.56 bits per heavy atom. The van der Waals surface area contributed by atoms with Crippen LogP contribution in [0.3, 0.4) is 0 Å². The summed E-state index contributed by atoms with van der Waals surface area (Å²) in [6.45, 7) is 0. The predicted octanol–water partition coefficient (Wildman–Crippen LogP) is 2.36. The minimum Gasteiger partial charge on any atom is -0.192 e. The number of hydrogen-bond donors (Lipinski definition) is 0. The predicted molar refractivity (Wildman–Crippen MR) is 38.6 cm³/mol. The van der Waals surface area contributed by atoms with Gasteiger partial charge in [0.05, 0.1) is 11.4 Å². The van der Waals surface area contributed by atoms with Gasteiger partial charge in [0.25, 0.3) is 0 Å². The van der Waals surface area contributed by atoms with E-state index in [0.717, 1.165) is 4.88 Å². The molecule has 0 aliphatic heterocycles. The maximum absolute atomic E-state index is 8.36. The van der Waals surface area contributed by atoms with Gasteiger partial charge in [-0.05, 0) is 6.07 Å². The molecule has 0 saturated heterocycles. The first-order valence-corrected chi connectivity index (χ1v) is 3.81. The molecule has 46 valence electrons. The molecule has 0 saturated carbocycles. The largest absolute Gasteiger partial charge is 0.192 e. The lowest BCUT2D eigenvalue weighted by Gasteiger charge is -1.77. The minimum absolute atomic E-state index is 0.506. The Hall–Kier alpha value is -0.520. The molecule has 0 spiro atoms. The second-order valence-corrected chi connectivity index (χ2v) is 2.81. The summed E-state index contributed by atoms with van der Waals surface area (Å²) in [5.74, 6) is 0.506. The van der Waals surface area contributed by atoms with Gasteiger partial charge in [-0.3, -0.25) is 0 Å². The maximum Gasteiger partial charge on any atom is 0.100 e. The maximum atomic E-state index is 8.36.